The molecule has 6 heteroatoms. The largest absolute Gasteiger partial charge is 0.353 e. The highest BCUT2D eigenvalue weighted by Gasteiger charge is 2.41. The van der Waals surface area contributed by atoms with Gasteiger partial charge in [-0.2, -0.15) is 0 Å². The normalized spacial score (nSPS) is 18.7. The average Bonchev–Trinajstić information content (AvgIpc) is 2.60. The molecular formula is C19H30N2O3S. The van der Waals surface area contributed by atoms with Crippen LogP contribution in [0.25, 0.3) is 0 Å². The van der Waals surface area contributed by atoms with Crippen LogP contribution >= 0.6 is 0 Å². The third kappa shape index (κ3) is 5.05. The van der Waals surface area contributed by atoms with Crippen molar-refractivity contribution < 1.29 is 13.2 Å². The molecule has 2 unspecified atom stereocenters. The molecule has 0 radical (unpaired) electrons. The molecule has 1 amide bonds. The summed E-state index contributed by atoms with van der Waals surface area (Å²) in [6, 6.07) is 9.13. The van der Waals surface area contributed by atoms with Crippen LogP contribution in [-0.4, -0.2) is 31.4 Å². The number of nitrogens with one attached hydrogen (secondary N) is 1. The highest BCUT2D eigenvalue weighted by Crippen LogP contribution is 2.29. The van der Waals surface area contributed by atoms with Crippen LogP contribution in [0, 0.1) is 5.92 Å². The van der Waals surface area contributed by atoms with Gasteiger partial charge in [0.15, 0.2) is 9.84 Å². The molecule has 1 fully saturated rings. The van der Waals surface area contributed by atoms with Gasteiger partial charge in [-0.1, -0.05) is 63.4 Å². The fourth-order valence-electron chi connectivity index (χ4n) is 3.56. The maximum atomic E-state index is 13.0. The molecule has 0 heterocycles. The van der Waals surface area contributed by atoms with E-state index in [2.05, 4.69) is 5.32 Å². The van der Waals surface area contributed by atoms with Crippen molar-refractivity contribution in [1.82, 2.24) is 5.32 Å². The number of nitrogens with two attached hydrogens (primary N) is 1. The molecular weight excluding hydrogens is 336 g/mol. The van der Waals surface area contributed by atoms with E-state index >= 15 is 0 Å². The van der Waals surface area contributed by atoms with Gasteiger partial charge in [0, 0.05) is 12.6 Å². The van der Waals surface area contributed by atoms with Gasteiger partial charge in [0.1, 0.15) is 5.25 Å². The van der Waals surface area contributed by atoms with E-state index in [0.29, 0.717) is 12.8 Å². The van der Waals surface area contributed by atoms with Crippen molar-refractivity contribution in [3.63, 3.8) is 0 Å². The molecule has 1 aliphatic carbocycles. The summed E-state index contributed by atoms with van der Waals surface area (Å²) in [5.41, 5.74) is 7.02. The van der Waals surface area contributed by atoms with E-state index in [9.17, 15) is 13.2 Å². The fourth-order valence-corrected chi connectivity index (χ4v) is 6.11. The Hall–Kier alpha value is -1.40. The van der Waals surface area contributed by atoms with Crippen LogP contribution in [0.15, 0.2) is 30.3 Å². The van der Waals surface area contributed by atoms with Crippen molar-refractivity contribution in [2.45, 2.75) is 62.5 Å². The zero-order valence-corrected chi connectivity index (χ0v) is 16.0. The number of benzene rings is 1. The SMILES string of the molecule is CC(C)C(C(=O)NCC(N)c1ccccc1)S(=O)(=O)C1CCCCC1. The van der Waals surface area contributed by atoms with Crippen LogP contribution in [0.4, 0.5) is 0 Å². The minimum Gasteiger partial charge on any atom is -0.353 e. The number of hydrogen-bond donors (Lipinski definition) is 2. The van der Waals surface area contributed by atoms with Crippen LogP contribution in [0.5, 0.6) is 0 Å². The minimum absolute atomic E-state index is 0.228. The van der Waals surface area contributed by atoms with Crippen LogP contribution in [0.1, 0.15) is 57.6 Å². The van der Waals surface area contributed by atoms with E-state index in [1.165, 1.54) is 0 Å². The summed E-state index contributed by atoms with van der Waals surface area (Å²) < 4.78 is 26.0. The molecule has 2 rings (SSSR count). The quantitative estimate of drug-likeness (QED) is 0.776. The Morgan fingerprint density at radius 2 is 1.76 bits per heavy atom. The van der Waals surface area contributed by atoms with Gasteiger partial charge in [0.05, 0.1) is 5.25 Å². The molecule has 0 bridgehead atoms. The lowest BCUT2D eigenvalue weighted by Crippen LogP contribution is -2.48. The van der Waals surface area contributed by atoms with Crippen LogP contribution in [-0.2, 0) is 14.6 Å². The minimum atomic E-state index is -3.49. The Bertz CT molecular complexity index is 653. The van der Waals surface area contributed by atoms with Gasteiger partial charge in [-0.05, 0) is 24.3 Å². The van der Waals surface area contributed by atoms with E-state index in [1.54, 1.807) is 13.8 Å². The van der Waals surface area contributed by atoms with Gasteiger partial charge in [0.25, 0.3) is 0 Å². The lowest BCUT2D eigenvalue weighted by molar-refractivity contribution is -0.121. The smallest absolute Gasteiger partial charge is 0.238 e. The Balaban J connectivity index is 2.05. The van der Waals surface area contributed by atoms with E-state index in [1.807, 2.05) is 30.3 Å². The lowest BCUT2D eigenvalue weighted by atomic mass is 10.0. The summed E-state index contributed by atoms with van der Waals surface area (Å²) >= 11 is 0. The van der Waals surface area contributed by atoms with Crippen molar-refractivity contribution >= 4 is 15.7 Å². The molecule has 25 heavy (non-hydrogen) atoms. The van der Waals surface area contributed by atoms with Crippen LogP contribution < -0.4 is 11.1 Å². The molecule has 5 nitrogen and oxygen atoms in total. The molecule has 140 valence electrons. The topological polar surface area (TPSA) is 89.3 Å². The second-order valence-corrected chi connectivity index (χ2v) is 9.63. The van der Waals surface area contributed by atoms with Gasteiger partial charge in [-0.25, -0.2) is 8.42 Å². The second kappa shape index (κ2) is 8.81. The molecule has 1 aliphatic rings. The number of amides is 1. The second-order valence-electron chi connectivity index (χ2n) is 7.28. The highest BCUT2D eigenvalue weighted by molar-refractivity contribution is 7.93. The zero-order chi connectivity index (χ0) is 18.4. The molecule has 0 saturated heterocycles. The number of carbonyl (C=O) groups excluding carboxylic acids is 1. The zero-order valence-electron chi connectivity index (χ0n) is 15.1. The van der Waals surface area contributed by atoms with Crippen molar-refractivity contribution in [2.24, 2.45) is 11.7 Å². The summed E-state index contributed by atoms with van der Waals surface area (Å²) in [5.74, 6) is -0.688. The summed E-state index contributed by atoms with van der Waals surface area (Å²) in [7, 11) is -3.49. The van der Waals surface area contributed by atoms with Crippen molar-refractivity contribution in [3.8, 4) is 0 Å². The van der Waals surface area contributed by atoms with Gasteiger partial charge in [0.2, 0.25) is 5.91 Å². The third-order valence-corrected chi connectivity index (χ3v) is 7.83. The maximum Gasteiger partial charge on any atom is 0.238 e. The molecule has 1 saturated carbocycles. The van der Waals surface area contributed by atoms with E-state index < -0.39 is 21.0 Å². The lowest BCUT2D eigenvalue weighted by Gasteiger charge is -2.28. The van der Waals surface area contributed by atoms with E-state index in [-0.39, 0.29) is 23.8 Å². The summed E-state index contributed by atoms with van der Waals surface area (Å²) in [4.78, 5) is 12.7. The number of carbonyl (C=O) groups is 1. The maximum absolute atomic E-state index is 13.0. The first-order chi connectivity index (χ1) is 11.8. The first-order valence-corrected chi connectivity index (χ1v) is 10.8. The van der Waals surface area contributed by atoms with Crippen molar-refractivity contribution in [2.75, 3.05) is 6.54 Å². The monoisotopic (exact) mass is 366 g/mol. The van der Waals surface area contributed by atoms with Gasteiger partial charge in [-0.15, -0.1) is 0 Å². The summed E-state index contributed by atoms with van der Waals surface area (Å²) in [5, 5.41) is 1.38. The van der Waals surface area contributed by atoms with Crippen LogP contribution in [0.3, 0.4) is 0 Å². The Morgan fingerprint density at radius 3 is 2.32 bits per heavy atom. The first kappa shape index (κ1) is 19.9. The van der Waals surface area contributed by atoms with Crippen LogP contribution in [0.2, 0.25) is 0 Å². The number of sulfone groups is 1. The molecule has 1 aromatic rings. The molecule has 1 aromatic carbocycles. The predicted molar refractivity (Wildman–Crippen MR) is 101 cm³/mol. The highest BCUT2D eigenvalue weighted by atomic mass is 32.2. The fraction of sp³-hybridized carbons (Fsp3) is 0.632. The molecule has 2 atom stereocenters. The summed E-state index contributed by atoms with van der Waals surface area (Å²) in [6.07, 6.45) is 4.27. The van der Waals surface area contributed by atoms with Crippen molar-refractivity contribution in [3.05, 3.63) is 35.9 Å². The molecule has 0 aliphatic heterocycles. The Labute approximate surface area is 151 Å². The standard InChI is InChI=1S/C19H30N2O3S/c1-14(2)18(25(23,24)16-11-7-4-8-12-16)19(22)21-13-17(20)15-9-5-3-6-10-15/h3,5-6,9-10,14,16-18H,4,7-8,11-13,20H2,1-2H3,(H,21,22). The Morgan fingerprint density at radius 1 is 1.16 bits per heavy atom. The van der Waals surface area contributed by atoms with Gasteiger partial charge >= 0.3 is 0 Å². The molecule has 3 N–H and O–H groups in total. The van der Waals surface area contributed by atoms with E-state index in [4.69, 9.17) is 5.73 Å². The predicted octanol–water partition coefficient (Wildman–Crippen LogP) is 2.57. The molecule has 0 spiro atoms. The number of hydrogen-bond acceptors (Lipinski definition) is 4. The Kier molecular flexibility index (Phi) is 7.02. The first-order valence-electron chi connectivity index (χ1n) is 9.15. The number of rotatable bonds is 7. The van der Waals surface area contributed by atoms with Gasteiger partial charge in [-0.3, -0.25) is 4.79 Å². The summed E-state index contributed by atoms with van der Waals surface area (Å²) in [6.45, 7) is 3.82. The third-order valence-electron chi connectivity index (χ3n) is 4.96. The van der Waals surface area contributed by atoms with Gasteiger partial charge < -0.3 is 11.1 Å². The van der Waals surface area contributed by atoms with Crippen molar-refractivity contribution in [1.29, 1.82) is 0 Å². The average molecular weight is 367 g/mol. The van der Waals surface area contributed by atoms with E-state index in [0.717, 1.165) is 24.8 Å². The molecule has 0 aromatic heterocycles.